The van der Waals surface area contributed by atoms with E-state index < -0.39 is 0 Å². The summed E-state index contributed by atoms with van der Waals surface area (Å²) in [4.78, 5) is 24.5. The zero-order valence-electron chi connectivity index (χ0n) is 16.2. The Morgan fingerprint density at radius 3 is 2.25 bits per heavy atom. The maximum Gasteiger partial charge on any atom is 0.323 e. The number of rotatable bonds is 5. The van der Waals surface area contributed by atoms with Crippen molar-refractivity contribution < 1.29 is 9.59 Å². The summed E-state index contributed by atoms with van der Waals surface area (Å²) in [6.07, 6.45) is 3.69. The van der Waals surface area contributed by atoms with Crippen molar-refractivity contribution in [3.8, 4) is 0 Å². The first-order valence-electron chi connectivity index (χ1n) is 9.80. The molecule has 0 aliphatic heterocycles. The van der Waals surface area contributed by atoms with Crippen LogP contribution >= 0.6 is 0 Å². The van der Waals surface area contributed by atoms with Gasteiger partial charge < -0.3 is 21.7 Å². The lowest BCUT2D eigenvalue weighted by Gasteiger charge is -2.27. The number of benzene rings is 2. The minimum absolute atomic E-state index is 0.00817. The normalized spacial score (nSPS) is 20.1. The smallest absolute Gasteiger partial charge is 0.323 e. The number of nitrogens with two attached hydrogens (primary N) is 1. The Labute approximate surface area is 165 Å². The Hall–Kier alpha value is -2.86. The van der Waals surface area contributed by atoms with Crippen molar-refractivity contribution in [1.82, 2.24) is 5.32 Å². The lowest BCUT2D eigenvalue weighted by molar-refractivity contribution is -0.126. The second kappa shape index (κ2) is 9.37. The standard InChI is InChI=1S/C22H28N4O2/c1-15(24-21(27)17-6-5-7-18(23)14-17)16-10-12-20(13-11-16)26-22(28)25-19-8-3-2-4-9-19/h2-4,8-13,15,17-18H,5-7,14,23H2,1H3,(H,24,27)(H2,25,26,28). The molecule has 6 nitrogen and oxygen atoms in total. The quantitative estimate of drug-likeness (QED) is 0.631. The van der Waals surface area contributed by atoms with Crippen LogP contribution in [0.1, 0.15) is 44.2 Å². The first-order chi connectivity index (χ1) is 13.5. The molecule has 0 aromatic heterocycles. The summed E-state index contributed by atoms with van der Waals surface area (Å²) in [5.74, 6) is 0.0842. The molecule has 3 amide bonds. The Kier molecular flexibility index (Phi) is 6.66. The fourth-order valence-electron chi connectivity index (χ4n) is 3.55. The summed E-state index contributed by atoms with van der Waals surface area (Å²) >= 11 is 0. The van der Waals surface area contributed by atoms with Crippen LogP contribution in [-0.2, 0) is 4.79 Å². The highest BCUT2D eigenvalue weighted by Gasteiger charge is 2.26. The molecule has 2 aromatic carbocycles. The maximum atomic E-state index is 12.5. The van der Waals surface area contributed by atoms with E-state index in [1.165, 1.54) is 0 Å². The summed E-state index contributed by atoms with van der Waals surface area (Å²) in [5, 5.41) is 8.66. The van der Waals surface area contributed by atoms with E-state index in [0.29, 0.717) is 5.69 Å². The third kappa shape index (κ3) is 5.57. The van der Waals surface area contributed by atoms with Crippen molar-refractivity contribution in [3.63, 3.8) is 0 Å². The highest BCUT2D eigenvalue weighted by Crippen LogP contribution is 2.24. The monoisotopic (exact) mass is 380 g/mol. The number of anilines is 2. The van der Waals surface area contributed by atoms with E-state index in [2.05, 4.69) is 16.0 Å². The Bertz CT molecular complexity index is 792. The molecular formula is C22H28N4O2. The van der Waals surface area contributed by atoms with Gasteiger partial charge in [0.25, 0.3) is 0 Å². The number of carbonyl (C=O) groups excluding carboxylic acids is 2. The number of carbonyl (C=O) groups is 2. The van der Waals surface area contributed by atoms with Gasteiger partial charge in [-0.25, -0.2) is 4.79 Å². The first-order valence-corrected chi connectivity index (χ1v) is 9.80. The van der Waals surface area contributed by atoms with Crippen LogP contribution in [-0.4, -0.2) is 18.0 Å². The molecule has 0 bridgehead atoms. The molecule has 0 saturated heterocycles. The van der Waals surface area contributed by atoms with Crippen molar-refractivity contribution in [3.05, 3.63) is 60.2 Å². The van der Waals surface area contributed by atoms with Gasteiger partial charge in [-0.2, -0.15) is 0 Å². The number of para-hydroxylation sites is 1. The predicted octanol–water partition coefficient (Wildman–Crippen LogP) is 4.03. The molecule has 0 radical (unpaired) electrons. The molecular weight excluding hydrogens is 352 g/mol. The molecule has 3 rings (SSSR count). The molecule has 1 fully saturated rings. The van der Waals surface area contributed by atoms with E-state index in [-0.39, 0.29) is 29.9 Å². The number of amides is 3. The Morgan fingerprint density at radius 2 is 1.61 bits per heavy atom. The van der Waals surface area contributed by atoms with Gasteiger partial charge in [0, 0.05) is 23.3 Å². The third-order valence-electron chi connectivity index (χ3n) is 5.14. The third-order valence-corrected chi connectivity index (χ3v) is 5.14. The van der Waals surface area contributed by atoms with E-state index in [9.17, 15) is 9.59 Å². The number of hydrogen-bond acceptors (Lipinski definition) is 3. The molecule has 1 aliphatic rings. The summed E-state index contributed by atoms with van der Waals surface area (Å²) in [7, 11) is 0. The zero-order chi connectivity index (χ0) is 19.9. The van der Waals surface area contributed by atoms with Gasteiger partial charge >= 0.3 is 6.03 Å². The molecule has 28 heavy (non-hydrogen) atoms. The van der Waals surface area contributed by atoms with Gasteiger partial charge in [-0.05, 0) is 56.0 Å². The van der Waals surface area contributed by atoms with Gasteiger partial charge in [0.05, 0.1) is 6.04 Å². The molecule has 2 aromatic rings. The molecule has 5 N–H and O–H groups in total. The van der Waals surface area contributed by atoms with Gasteiger partial charge in [0.15, 0.2) is 0 Å². The maximum absolute atomic E-state index is 12.5. The van der Waals surface area contributed by atoms with Crippen molar-refractivity contribution in [2.75, 3.05) is 10.6 Å². The largest absolute Gasteiger partial charge is 0.349 e. The SMILES string of the molecule is CC(NC(=O)C1CCCC(N)C1)c1ccc(NC(=O)Nc2ccccc2)cc1. The Balaban J connectivity index is 1.51. The van der Waals surface area contributed by atoms with Crippen LogP contribution in [0.4, 0.5) is 16.2 Å². The van der Waals surface area contributed by atoms with Crippen LogP contribution in [0, 0.1) is 5.92 Å². The van der Waals surface area contributed by atoms with Crippen LogP contribution in [0.25, 0.3) is 0 Å². The summed E-state index contributed by atoms with van der Waals surface area (Å²) in [6.45, 7) is 1.96. The number of nitrogens with one attached hydrogen (secondary N) is 3. The zero-order valence-corrected chi connectivity index (χ0v) is 16.2. The van der Waals surface area contributed by atoms with Gasteiger partial charge in [0.2, 0.25) is 5.91 Å². The molecule has 3 unspecified atom stereocenters. The Morgan fingerprint density at radius 1 is 0.964 bits per heavy atom. The topological polar surface area (TPSA) is 96.2 Å². The van der Waals surface area contributed by atoms with Crippen LogP contribution in [0.2, 0.25) is 0 Å². The molecule has 1 aliphatic carbocycles. The molecule has 0 heterocycles. The average molecular weight is 380 g/mol. The first kappa shape index (κ1) is 19.9. The molecule has 148 valence electrons. The van der Waals surface area contributed by atoms with Gasteiger partial charge in [0.1, 0.15) is 0 Å². The van der Waals surface area contributed by atoms with E-state index >= 15 is 0 Å². The highest BCUT2D eigenvalue weighted by molar-refractivity contribution is 5.99. The molecule has 1 saturated carbocycles. The average Bonchev–Trinajstić information content (AvgIpc) is 2.69. The van der Waals surface area contributed by atoms with Gasteiger partial charge in [-0.15, -0.1) is 0 Å². The lowest BCUT2D eigenvalue weighted by atomic mass is 9.85. The second-order valence-electron chi connectivity index (χ2n) is 7.42. The van der Waals surface area contributed by atoms with Crippen LogP contribution in [0.15, 0.2) is 54.6 Å². The number of hydrogen-bond donors (Lipinski definition) is 4. The van der Waals surface area contributed by atoms with Crippen LogP contribution < -0.4 is 21.7 Å². The predicted molar refractivity (Wildman–Crippen MR) is 112 cm³/mol. The van der Waals surface area contributed by atoms with Gasteiger partial charge in [-0.1, -0.05) is 36.8 Å². The van der Waals surface area contributed by atoms with E-state index in [0.717, 1.165) is 36.9 Å². The summed E-state index contributed by atoms with van der Waals surface area (Å²) in [6, 6.07) is 16.5. The highest BCUT2D eigenvalue weighted by atomic mass is 16.2. The van der Waals surface area contributed by atoms with Crippen molar-refractivity contribution in [2.45, 2.75) is 44.7 Å². The van der Waals surface area contributed by atoms with Crippen molar-refractivity contribution >= 4 is 23.3 Å². The van der Waals surface area contributed by atoms with Gasteiger partial charge in [-0.3, -0.25) is 4.79 Å². The summed E-state index contributed by atoms with van der Waals surface area (Å²) in [5.41, 5.74) is 8.40. The van der Waals surface area contributed by atoms with Crippen molar-refractivity contribution in [2.24, 2.45) is 11.7 Å². The number of urea groups is 1. The van der Waals surface area contributed by atoms with E-state index in [1.807, 2.05) is 61.5 Å². The summed E-state index contributed by atoms with van der Waals surface area (Å²) < 4.78 is 0. The second-order valence-corrected chi connectivity index (χ2v) is 7.42. The molecule has 6 heteroatoms. The fraction of sp³-hybridized carbons (Fsp3) is 0.364. The van der Waals surface area contributed by atoms with Crippen LogP contribution in [0.3, 0.4) is 0 Å². The van der Waals surface area contributed by atoms with Crippen LogP contribution in [0.5, 0.6) is 0 Å². The molecule has 3 atom stereocenters. The van der Waals surface area contributed by atoms with E-state index in [1.54, 1.807) is 0 Å². The lowest BCUT2D eigenvalue weighted by Crippen LogP contribution is -2.38. The minimum Gasteiger partial charge on any atom is -0.349 e. The molecule has 0 spiro atoms. The minimum atomic E-state index is -0.297. The van der Waals surface area contributed by atoms with E-state index in [4.69, 9.17) is 5.73 Å². The fourth-order valence-corrected chi connectivity index (χ4v) is 3.55. The van der Waals surface area contributed by atoms with Crippen molar-refractivity contribution in [1.29, 1.82) is 0 Å².